The van der Waals surface area contributed by atoms with Crippen LogP contribution in [0.5, 0.6) is 0 Å². The van der Waals surface area contributed by atoms with Gasteiger partial charge in [0.25, 0.3) is 0 Å². The maximum absolute atomic E-state index is 13.6. The third-order valence-corrected chi connectivity index (χ3v) is 8.73. The van der Waals surface area contributed by atoms with Crippen LogP contribution in [0, 0.1) is 5.92 Å². The second kappa shape index (κ2) is 11.9. The van der Waals surface area contributed by atoms with Gasteiger partial charge in [0.15, 0.2) is 0 Å². The Morgan fingerprint density at radius 3 is 2.42 bits per heavy atom. The molecule has 1 N–H and O–H groups in total. The molecular weight excluding hydrogens is 456 g/mol. The molecule has 1 aliphatic heterocycles. The summed E-state index contributed by atoms with van der Waals surface area (Å²) in [5, 5.41) is 2.90. The van der Waals surface area contributed by atoms with E-state index < -0.39 is 0 Å². The van der Waals surface area contributed by atoms with Gasteiger partial charge in [0.1, 0.15) is 6.54 Å². The van der Waals surface area contributed by atoms with Gasteiger partial charge in [-0.2, -0.15) is 0 Å². The van der Waals surface area contributed by atoms with Crippen molar-refractivity contribution >= 4 is 11.9 Å². The van der Waals surface area contributed by atoms with Crippen molar-refractivity contribution in [1.82, 2.24) is 20.0 Å². The van der Waals surface area contributed by atoms with Gasteiger partial charge in [0.2, 0.25) is 5.91 Å². The highest BCUT2D eigenvalue weighted by Gasteiger charge is 2.55. The van der Waals surface area contributed by atoms with E-state index in [-0.39, 0.29) is 29.6 Å². The van der Waals surface area contributed by atoms with Gasteiger partial charge in [-0.3, -0.25) is 9.69 Å². The zero-order chi connectivity index (χ0) is 25.6. The molecule has 2 saturated carbocycles. The normalized spacial score (nSPS) is 26.6. The SMILES string of the molecule is COCCOCCNC(=O)CN1CC2(CCC(c3ccccc3)(N(C)C)CC2)N(CC2CCC2)C1=O. The van der Waals surface area contributed by atoms with Crippen LogP contribution in [0.1, 0.15) is 50.5 Å². The first-order chi connectivity index (χ1) is 17.4. The van der Waals surface area contributed by atoms with Crippen LogP contribution < -0.4 is 5.32 Å². The van der Waals surface area contributed by atoms with E-state index in [2.05, 4.69) is 59.5 Å². The number of hydrogen-bond donors (Lipinski definition) is 1. The van der Waals surface area contributed by atoms with Crippen LogP contribution in [0.2, 0.25) is 0 Å². The number of amides is 3. The number of methoxy groups -OCH3 is 1. The quantitative estimate of drug-likeness (QED) is 0.447. The number of rotatable bonds is 12. The van der Waals surface area contributed by atoms with Crippen LogP contribution >= 0.6 is 0 Å². The summed E-state index contributed by atoms with van der Waals surface area (Å²) in [6.45, 7) is 3.48. The van der Waals surface area contributed by atoms with Crippen molar-refractivity contribution in [2.75, 3.05) is 67.2 Å². The van der Waals surface area contributed by atoms with E-state index in [0.29, 0.717) is 38.8 Å². The number of carbonyl (C=O) groups is 2. The lowest BCUT2D eigenvalue weighted by Gasteiger charge is -2.51. The summed E-state index contributed by atoms with van der Waals surface area (Å²) in [5.41, 5.74) is 1.14. The van der Waals surface area contributed by atoms with Gasteiger partial charge < -0.3 is 24.6 Å². The number of nitrogens with zero attached hydrogens (tertiary/aromatic N) is 3. The van der Waals surface area contributed by atoms with Crippen molar-refractivity contribution in [2.24, 2.45) is 5.92 Å². The van der Waals surface area contributed by atoms with Crippen molar-refractivity contribution < 1.29 is 19.1 Å². The average Bonchev–Trinajstić information content (AvgIpc) is 3.09. The van der Waals surface area contributed by atoms with Crippen LogP contribution in [-0.4, -0.2) is 99.4 Å². The summed E-state index contributed by atoms with van der Waals surface area (Å²) in [7, 11) is 5.98. The molecule has 200 valence electrons. The van der Waals surface area contributed by atoms with Gasteiger partial charge in [-0.15, -0.1) is 0 Å². The molecule has 36 heavy (non-hydrogen) atoms. The number of nitrogens with one attached hydrogen (secondary N) is 1. The van der Waals surface area contributed by atoms with Crippen molar-refractivity contribution in [3.05, 3.63) is 35.9 Å². The highest BCUT2D eigenvalue weighted by atomic mass is 16.5. The third kappa shape index (κ3) is 5.71. The summed E-state index contributed by atoms with van der Waals surface area (Å²) in [6, 6.07) is 10.8. The number of hydrogen-bond acceptors (Lipinski definition) is 5. The number of benzene rings is 1. The third-order valence-electron chi connectivity index (χ3n) is 8.73. The highest BCUT2D eigenvalue weighted by molar-refractivity contribution is 5.86. The van der Waals surface area contributed by atoms with Gasteiger partial charge >= 0.3 is 6.03 Å². The molecule has 3 fully saturated rings. The minimum Gasteiger partial charge on any atom is -0.382 e. The smallest absolute Gasteiger partial charge is 0.321 e. The van der Waals surface area contributed by atoms with Crippen molar-refractivity contribution in [3.63, 3.8) is 0 Å². The molecule has 1 aromatic rings. The first kappa shape index (κ1) is 26.9. The van der Waals surface area contributed by atoms with E-state index in [1.54, 1.807) is 12.0 Å². The van der Waals surface area contributed by atoms with E-state index in [1.165, 1.54) is 24.8 Å². The second-order valence-electron chi connectivity index (χ2n) is 11.0. The van der Waals surface area contributed by atoms with E-state index in [0.717, 1.165) is 32.2 Å². The molecule has 0 unspecified atom stereocenters. The van der Waals surface area contributed by atoms with E-state index in [4.69, 9.17) is 9.47 Å². The molecule has 1 heterocycles. The Morgan fingerprint density at radius 2 is 1.81 bits per heavy atom. The minimum absolute atomic E-state index is 0.0225. The lowest BCUT2D eigenvalue weighted by atomic mass is 9.68. The monoisotopic (exact) mass is 500 g/mol. The van der Waals surface area contributed by atoms with Crippen molar-refractivity contribution in [3.8, 4) is 0 Å². The molecule has 1 saturated heterocycles. The Balaban J connectivity index is 1.42. The topological polar surface area (TPSA) is 74.4 Å². The lowest BCUT2D eigenvalue weighted by Crippen LogP contribution is -2.56. The number of urea groups is 1. The molecule has 3 aliphatic rings. The Labute approximate surface area is 216 Å². The second-order valence-corrected chi connectivity index (χ2v) is 11.0. The predicted molar refractivity (Wildman–Crippen MR) is 140 cm³/mol. The standard InChI is InChI=1S/C28H44N4O4/c1-30(2)28(24-10-5-4-6-11-24)14-12-27(13-15-28)22-31(26(34)32(27)20-23-8-7-9-23)21-25(33)29-16-17-36-19-18-35-3/h4-6,10-11,23H,7-9,12-22H2,1-3H3,(H,29,33). The number of ether oxygens (including phenoxy) is 2. The Hall–Kier alpha value is -2.16. The molecule has 0 bridgehead atoms. The van der Waals surface area contributed by atoms with E-state index >= 15 is 0 Å². The van der Waals surface area contributed by atoms with Gasteiger partial charge in [0.05, 0.1) is 25.4 Å². The van der Waals surface area contributed by atoms with Gasteiger partial charge in [-0.05, 0) is 64.1 Å². The molecule has 0 atom stereocenters. The van der Waals surface area contributed by atoms with Gasteiger partial charge in [-0.1, -0.05) is 36.8 Å². The molecule has 8 nitrogen and oxygen atoms in total. The molecule has 2 aliphatic carbocycles. The van der Waals surface area contributed by atoms with Crippen molar-refractivity contribution in [2.45, 2.75) is 56.0 Å². The van der Waals surface area contributed by atoms with E-state index in [9.17, 15) is 9.59 Å². The fraction of sp³-hybridized carbons (Fsp3) is 0.714. The molecule has 1 spiro atoms. The largest absolute Gasteiger partial charge is 0.382 e. The van der Waals surface area contributed by atoms with Gasteiger partial charge in [0, 0.05) is 32.3 Å². The van der Waals surface area contributed by atoms with Crippen LogP contribution in [0.4, 0.5) is 4.79 Å². The maximum Gasteiger partial charge on any atom is 0.321 e. The first-order valence-corrected chi connectivity index (χ1v) is 13.5. The van der Waals surface area contributed by atoms with Crippen LogP contribution in [0.3, 0.4) is 0 Å². The summed E-state index contributed by atoms with van der Waals surface area (Å²) in [6.07, 6.45) is 7.56. The molecule has 1 aromatic carbocycles. The van der Waals surface area contributed by atoms with Crippen LogP contribution in [-0.2, 0) is 19.8 Å². The maximum atomic E-state index is 13.6. The molecule has 3 amide bonds. The van der Waals surface area contributed by atoms with Crippen LogP contribution in [0.25, 0.3) is 0 Å². The summed E-state index contributed by atoms with van der Waals surface area (Å²) in [5.74, 6) is 0.473. The highest BCUT2D eigenvalue weighted by Crippen LogP contribution is 2.49. The summed E-state index contributed by atoms with van der Waals surface area (Å²) >= 11 is 0. The lowest BCUT2D eigenvalue weighted by molar-refractivity contribution is -0.121. The number of carbonyl (C=O) groups excluding carboxylic acids is 2. The molecule has 4 rings (SSSR count). The minimum atomic E-state index is -0.190. The Kier molecular flexibility index (Phi) is 8.91. The zero-order valence-corrected chi connectivity index (χ0v) is 22.3. The van der Waals surface area contributed by atoms with Crippen molar-refractivity contribution in [1.29, 1.82) is 0 Å². The summed E-state index contributed by atoms with van der Waals surface area (Å²) < 4.78 is 10.4. The first-order valence-electron chi connectivity index (χ1n) is 13.5. The Bertz CT molecular complexity index is 866. The predicted octanol–water partition coefficient (Wildman–Crippen LogP) is 3.07. The zero-order valence-electron chi connectivity index (χ0n) is 22.3. The fourth-order valence-corrected chi connectivity index (χ4v) is 6.25. The van der Waals surface area contributed by atoms with E-state index in [1.807, 2.05) is 0 Å². The molecule has 0 aromatic heterocycles. The van der Waals surface area contributed by atoms with Gasteiger partial charge in [-0.25, -0.2) is 4.79 Å². The van der Waals surface area contributed by atoms with Crippen LogP contribution in [0.15, 0.2) is 30.3 Å². The average molecular weight is 501 g/mol. The Morgan fingerprint density at radius 1 is 1.08 bits per heavy atom. The molecule has 8 heteroatoms. The fourth-order valence-electron chi connectivity index (χ4n) is 6.25. The molecule has 0 radical (unpaired) electrons. The summed E-state index contributed by atoms with van der Waals surface area (Å²) in [4.78, 5) is 32.6. The molecular formula is C28H44N4O4.